The second-order valence-electron chi connectivity index (χ2n) is 8.00. The van der Waals surface area contributed by atoms with Gasteiger partial charge in [0.2, 0.25) is 0 Å². The predicted octanol–water partition coefficient (Wildman–Crippen LogP) is 3.23. The van der Waals surface area contributed by atoms with E-state index in [0.717, 1.165) is 12.8 Å². The summed E-state index contributed by atoms with van der Waals surface area (Å²) in [6.45, 7) is 2.18. The summed E-state index contributed by atoms with van der Waals surface area (Å²) in [6, 6.07) is 8.49. The normalized spacial score (nSPS) is 15.3. The van der Waals surface area contributed by atoms with Gasteiger partial charge in [-0.1, -0.05) is 18.9 Å². The third-order valence-corrected chi connectivity index (χ3v) is 6.19. The lowest BCUT2D eigenvalue weighted by atomic mass is 9.78. The van der Waals surface area contributed by atoms with Crippen molar-refractivity contribution in [2.24, 2.45) is 0 Å². The van der Waals surface area contributed by atoms with Crippen LogP contribution in [0.3, 0.4) is 0 Å². The summed E-state index contributed by atoms with van der Waals surface area (Å²) in [5.41, 5.74) is -0.999. The molecule has 2 N–H and O–H groups in total. The van der Waals surface area contributed by atoms with E-state index >= 15 is 0 Å². The van der Waals surface area contributed by atoms with Gasteiger partial charge in [0.15, 0.2) is 0 Å². The first kappa shape index (κ1) is 21.0. The molecule has 0 saturated heterocycles. The molecule has 4 rings (SSSR count). The Labute approximate surface area is 176 Å². The molecule has 1 heterocycles. The highest BCUT2D eigenvalue weighted by Crippen LogP contribution is 2.42. The monoisotopic (exact) mass is 427 g/mol. The molecule has 6 nitrogen and oxygen atoms in total. The predicted molar refractivity (Wildman–Crippen MR) is 113 cm³/mol. The van der Waals surface area contributed by atoms with Crippen molar-refractivity contribution in [2.75, 3.05) is 6.54 Å². The molecule has 3 aromatic rings. The number of aromatic nitrogens is 2. The summed E-state index contributed by atoms with van der Waals surface area (Å²) in [5.74, 6) is -1.62. The van der Waals surface area contributed by atoms with Gasteiger partial charge in [0.1, 0.15) is 11.6 Å². The summed E-state index contributed by atoms with van der Waals surface area (Å²) in [7, 11) is 0. The summed E-state index contributed by atoms with van der Waals surface area (Å²) in [6.07, 6.45) is 2.82. The minimum absolute atomic E-state index is 0.0302. The Bertz CT molecular complexity index is 1250. The molecule has 1 aliphatic carbocycles. The third-order valence-electron chi connectivity index (χ3n) is 6.19. The minimum atomic E-state index is -0.793. The maximum Gasteiger partial charge on any atom is 0.316 e. The van der Waals surface area contributed by atoms with Crippen LogP contribution >= 0.6 is 0 Å². The van der Waals surface area contributed by atoms with E-state index < -0.39 is 34.1 Å². The highest BCUT2D eigenvalue weighted by Gasteiger charge is 2.40. The van der Waals surface area contributed by atoms with Crippen LogP contribution in [0.2, 0.25) is 0 Å². The van der Waals surface area contributed by atoms with Gasteiger partial charge in [-0.05, 0) is 50.1 Å². The van der Waals surface area contributed by atoms with Gasteiger partial charge >= 0.3 is 11.1 Å². The molecule has 162 valence electrons. The molecule has 31 heavy (non-hydrogen) atoms. The first-order valence-corrected chi connectivity index (χ1v) is 10.4. The number of halogens is 2. The highest BCUT2D eigenvalue weighted by atomic mass is 19.1. The van der Waals surface area contributed by atoms with Gasteiger partial charge < -0.3 is 14.9 Å². The van der Waals surface area contributed by atoms with Crippen LogP contribution in [0.1, 0.15) is 48.5 Å². The van der Waals surface area contributed by atoms with Gasteiger partial charge in [0.25, 0.3) is 5.91 Å². The maximum atomic E-state index is 14.5. The number of fused-ring (bicyclic) bond motifs is 1. The van der Waals surface area contributed by atoms with Gasteiger partial charge in [0, 0.05) is 29.6 Å². The molecule has 0 spiro atoms. The second-order valence-corrected chi connectivity index (χ2v) is 8.00. The van der Waals surface area contributed by atoms with Crippen molar-refractivity contribution in [1.82, 2.24) is 14.9 Å². The molecule has 0 atom stereocenters. The van der Waals surface area contributed by atoms with Crippen LogP contribution in [0.25, 0.3) is 11.0 Å². The Morgan fingerprint density at radius 1 is 1.13 bits per heavy atom. The largest absolute Gasteiger partial charge is 0.351 e. The van der Waals surface area contributed by atoms with E-state index in [2.05, 4.69) is 10.3 Å². The summed E-state index contributed by atoms with van der Waals surface area (Å²) in [5, 5.41) is 2.82. The molecule has 1 aliphatic rings. The van der Waals surface area contributed by atoms with Crippen LogP contribution < -0.4 is 16.4 Å². The Balaban J connectivity index is 1.63. The zero-order valence-corrected chi connectivity index (χ0v) is 17.1. The molecule has 0 bridgehead atoms. The highest BCUT2D eigenvalue weighted by molar-refractivity contribution is 5.97. The van der Waals surface area contributed by atoms with Crippen molar-refractivity contribution in [3.8, 4) is 0 Å². The van der Waals surface area contributed by atoms with E-state index in [1.165, 1.54) is 28.8 Å². The van der Waals surface area contributed by atoms with Crippen LogP contribution in [0.5, 0.6) is 0 Å². The van der Waals surface area contributed by atoms with Gasteiger partial charge in [-0.3, -0.25) is 14.4 Å². The van der Waals surface area contributed by atoms with Gasteiger partial charge in [0.05, 0.1) is 11.0 Å². The van der Waals surface area contributed by atoms with Gasteiger partial charge in [-0.15, -0.1) is 0 Å². The van der Waals surface area contributed by atoms with E-state index in [4.69, 9.17) is 0 Å². The van der Waals surface area contributed by atoms with Gasteiger partial charge in [-0.2, -0.15) is 0 Å². The topological polar surface area (TPSA) is 84.0 Å². The van der Waals surface area contributed by atoms with E-state index in [9.17, 15) is 23.2 Å². The number of carbonyl (C=O) groups excluding carboxylic acids is 1. The summed E-state index contributed by atoms with van der Waals surface area (Å²) < 4.78 is 30.3. The van der Waals surface area contributed by atoms with Crippen molar-refractivity contribution in [2.45, 2.75) is 44.6 Å². The van der Waals surface area contributed by atoms with Crippen molar-refractivity contribution in [3.05, 3.63) is 79.9 Å². The van der Waals surface area contributed by atoms with E-state index in [-0.39, 0.29) is 17.7 Å². The van der Waals surface area contributed by atoms with Crippen LogP contribution in [0.4, 0.5) is 8.78 Å². The fourth-order valence-corrected chi connectivity index (χ4v) is 4.66. The lowest BCUT2D eigenvalue weighted by Crippen LogP contribution is -2.40. The summed E-state index contributed by atoms with van der Waals surface area (Å²) >= 11 is 0. The SMILES string of the molecule is CCn1c(=O)c(=O)[nH]c2cc(C(=O)NCC3(c4c(F)cccc4F)CCCC3)ccc21. The van der Waals surface area contributed by atoms with Crippen LogP contribution in [0.15, 0.2) is 46.0 Å². The molecule has 2 aromatic carbocycles. The lowest BCUT2D eigenvalue weighted by molar-refractivity contribution is 0.0942. The van der Waals surface area contributed by atoms with Crippen molar-refractivity contribution in [3.63, 3.8) is 0 Å². The van der Waals surface area contributed by atoms with Crippen LogP contribution in [-0.4, -0.2) is 22.0 Å². The fraction of sp³-hybridized carbons (Fsp3) is 0.348. The lowest BCUT2D eigenvalue weighted by Gasteiger charge is -2.30. The average Bonchev–Trinajstić information content (AvgIpc) is 3.22. The minimum Gasteiger partial charge on any atom is -0.351 e. The molecular weight excluding hydrogens is 404 g/mol. The molecule has 1 aromatic heterocycles. The molecular formula is C23H23F2N3O3. The average molecular weight is 427 g/mol. The van der Waals surface area contributed by atoms with E-state index in [1.807, 2.05) is 0 Å². The Hall–Kier alpha value is -3.29. The fourth-order valence-electron chi connectivity index (χ4n) is 4.66. The second kappa shape index (κ2) is 8.09. The number of aryl methyl sites for hydroxylation is 1. The number of H-pyrrole nitrogens is 1. The Kier molecular flexibility index (Phi) is 5.47. The first-order chi connectivity index (χ1) is 14.9. The Morgan fingerprint density at radius 3 is 2.45 bits per heavy atom. The molecule has 1 amide bonds. The van der Waals surface area contributed by atoms with Crippen molar-refractivity contribution < 1.29 is 13.6 Å². The summed E-state index contributed by atoms with van der Waals surface area (Å²) in [4.78, 5) is 39.2. The number of amides is 1. The zero-order chi connectivity index (χ0) is 22.2. The first-order valence-electron chi connectivity index (χ1n) is 10.4. The number of hydrogen-bond acceptors (Lipinski definition) is 3. The molecule has 0 aliphatic heterocycles. The number of nitrogens with one attached hydrogen (secondary N) is 2. The van der Waals surface area contributed by atoms with Crippen molar-refractivity contribution in [1.29, 1.82) is 0 Å². The van der Waals surface area contributed by atoms with Gasteiger partial charge in [-0.25, -0.2) is 8.78 Å². The molecule has 0 radical (unpaired) electrons. The van der Waals surface area contributed by atoms with E-state index in [1.54, 1.807) is 19.1 Å². The third kappa shape index (κ3) is 3.66. The smallest absolute Gasteiger partial charge is 0.316 e. The number of carbonyl (C=O) groups is 1. The number of hydrogen-bond donors (Lipinski definition) is 2. The number of aromatic amines is 1. The standard InChI is InChI=1S/C23H23F2N3O3/c1-2-28-18-9-8-14(12-17(18)27-21(30)22(28)31)20(29)26-13-23(10-3-4-11-23)19-15(24)6-5-7-16(19)25/h5-9,12H,2-4,10-11,13H2,1H3,(H,26,29)(H,27,30). The zero-order valence-electron chi connectivity index (χ0n) is 17.1. The van der Waals surface area contributed by atoms with E-state index in [0.29, 0.717) is 30.4 Å². The Morgan fingerprint density at radius 2 is 1.81 bits per heavy atom. The van der Waals surface area contributed by atoms with Crippen LogP contribution in [0, 0.1) is 11.6 Å². The number of benzene rings is 2. The quantitative estimate of drug-likeness (QED) is 0.614. The number of nitrogens with zero attached hydrogens (tertiary/aromatic N) is 1. The molecule has 8 heteroatoms. The van der Waals surface area contributed by atoms with Crippen molar-refractivity contribution >= 4 is 16.9 Å². The molecule has 1 saturated carbocycles. The van der Waals surface area contributed by atoms with Crippen LogP contribution in [-0.2, 0) is 12.0 Å². The molecule has 1 fully saturated rings. The number of rotatable bonds is 5. The maximum absolute atomic E-state index is 14.5. The molecule has 0 unspecified atom stereocenters.